The van der Waals surface area contributed by atoms with E-state index in [9.17, 15) is 4.39 Å². The molecule has 1 fully saturated rings. The van der Waals surface area contributed by atoms with E-state index in [-0.39, 0.29) is 6.67 Å². The summed E-state index contributed by atoms with van der Waals surface area (Å²) in [5, 5.41) is 0. The number of hydrogen-bond donors (Lipinski definition) is 0. The highest BCUT2D eigenvalue weighted by Crippen LogP contribution is 2.32. The van der Waals surface area contributed by atoms with Gasteiger partial charge in [0.25, 0.3) is 0 Å². The van der Waals surface area contributed by atoms with Crippen molar-refractivity contribution in [2.24, 2.45) is 0 Å². The molecule has 1 atom stereocenters. The Bertz CT molecular complexity index is 827. The zero-order valence-corrected chi connectivity index (χ0v) is 16.9. The topological polar surface area (TPSA) is 6.48 Å². The van der Waals surface area contributed by atoms with Crippen LogP contribution in [0.5, 0.6) is 0 Å². The maximum atomic E-state index is 14.7. The predicted molar refractivity (Wildman–Crippen MR) is 117 cm³/mol. The zero-order chi connectivity index (χ0) is 19.9. The van der Waals surface area contributed by atoms with Crippen LogP contribution in [0.3, 0.4) is 0 Å². The smallest absolute Gasteiger partial charge is 0.109 e. The Morgan fingerprint density at radius 2 is 1.21 bits per heavy atom. The summed E-state index contributed by atoms with van der Waals surface area (Å²) in [6, 6.07) is 31.4. The lowest BCUT2D eigenvalue weighted by Crippen LogP contribution is -2.51. The molecule has 3 aromatic rings. The summed E-state index contributed by atoms with van der Waals surface area (Å²) < 4.78 is 14.7. The highest BCUT2D eigenvalue weighted by molar-refractivity contribution is 5.20. The molecule has 29 heavy (non-hydrogen) atoms. The first kappa shape index (κ1) is 19.8. The van der Waals surface area contributed by atoms with Gasteiger partial charge in [-0.2, -0.15) is 0 Å². The summed E-state index contributed by atoms with van der Waals surface area (Å²) in [6.45, 7) is 3.78. The average molecular weight is 389 g/mol. The van der Waals surface area contributed by atoms with Crippen LogP contribution in [0.4, 0.5) is 4.39 Å². The second-order valence-corrected chi connectivity index (χ2v) is 8.13. The van der Waals surface area contributed by atoms with Gasteiger partial charge in [0.05, 0.1) is 5.54 Å². The van der Waals surface area contributed by atoms with E-state index in [1.54, 1.807) is 0 Å². The van der Waals surface area contributed by atoms with Crippen LogP contribution >= 0.6 is 0 Å². The van der Waals surface area contributed by atoms with E-state index in [2.05, 4.69) is 82.6 Å². The first-order chi connectivity index (χ1) is 14.3. The number of benzene rings is 3. The van der Waals surface area contributed by atoms with Crippen LogP contribution in [0.25, 0.3) is 0 Å². The van der Waals surface area contributed by atoms with Gasteiger partial charge in [0, 0.05) is 32.7 Å². The minimum absolute atomic E-state index is 0.321. The second kappa shape index (κ2) is 9.34. The van der Waals surface area contributed by atoms with Gasteiger partial charge in [-0.1, -0.05) is 91.0 Å². The van der Waals surface area contributed by atoms with E-state index >= 15 is 0 Å². The molecule has 3 heteroatoms. The number of nitrogens with zero attached hydrogens (tertiary/aromatic N) is 2. The van der Waals surface area contributed by atoms with Crippen LogP contribution in [-0.2, 0) is 19.6 Å². The Morgan fingerprint density at radius 3 is 1.69 bits per heavy atom. The van der Waals surface area contributed by atoms with Gasteiger partial charge in [0.2, 0.25) is 0 Å². The first-order valence-electron chi connectivity index (χ1n) is 10.4. The van der Waals surface area contributed by atoms with Crippen LogP contribution < -0.4 is 0 Å². The van der Waals surface area contributed by atoms with Crippen molar-refractivity contribution in [2.45, 2.75) is 31.6 Å². The third kappa shape index (κ3) is 4.92. The lowest BCUT2D eigenvalue weighted by Gasteiger charge is -2.40. The Kier molecular flexibility index (Phi) is 6.38. The average Bonchev–Trinajstić information content (AvgIpc) is 3.20. The highest BCUT2D eigenvalue weighted by Gasteiger charge is 2.43. The Labute approximate surface area is 173 Å². The molecular weight excluding hydrogens is 359 g/mol. The normalized spacial score (nSPS) is 19.7. The number of halogens is 1. The molecule has 4 rings (SSSR count). The Balaban J connectivity index is 1.55. The molecule has 0 aromatic heterocycles. The molecule has 150 valence electrons. The first-order valence-corrected chi connectivity index (χ1v) is 10.4. The molecule has 0 N–H and O–H groups in total. The van der Waals surface area contributed by atoms with Gasteiger partial charge in [0.1, 0.15) is 6.67 Å². The largest absolute Gasteiger partial charge is 0.297 e. The summed E-state index contributed by atoms with van der Waals surface area (Å²) in [6.07, 6.45) is 0.857. The minimum Gasteiger partial charge on any atom is -0.297 e. The van der Waals surface area contributed by atoms with Crippen LogP contribution in [0, 0.1) is 0 Å². The maximum Gasteiger partial charge on any atom is 0.109 e. The van der Waals surface area contributed by atoms with Crippen molar-refractivity contribution in [3.63, 3.8) is 0 Å². The summed E-state index contributed by atoms with van der Waals surface area (Å²) >= 11 is 0. The fourth-order valence-electron chi connectivity index (χ4n) is 4.37. The van der Waals surface area contributed by atoms with Crippen LogP contribution in [-0.4, -0.2) is 35.1 Å². The van der Waals surface area contributed by atoms with Gasteiger partial charge in [-0.05, 0) is 23.1 Å². The number of likely N-dealkylation sites (tertiary alicyclic amines) is 1. The van der Waals surface area contributed by atoms with E-state index in [0.29, 0.717) is 0 Å². The minimum atomic E-state index is -0.444. The number of alkyl halides is 1. The van der Waals surface area contributed by atoms with Crippen molar-refractivity contribution in [2.75, 3.05) is 19.8 Å². The van der Waals surface area contributed by atoms with Crippen LogP contribution in [0.2, 0.25) is 0 Å². The Hall–Kier alpha value is -2.49. The van der Waals surface area contributed by atoms with E-state index in [4.69, 9.17) is 0 Å². The molecule has 0 radical (unpaired) electrons. The van der Waals surface area contributed by atoms with Gasteiger partial charge >= 0.3 is 0 Å². The molecule has 0 unspecified atom stereocenters. The predicted octanol–water partition coefficient (Wildman–Crippen LogP) is 5.30. The van der Waals surface area contributed by atoms with Gasteiger partial charge in [-0.25, -0.2) is 4.39 Å². The third-order valence-electron chi connectivity index (χ3n) is 6.01. The quantitative estimate of drug-likeness (QED) is 0.516. The molecule has 1 aliphatic rings. The fourth-order valence-corrected chi connectivity index (χ4v) is 4.37. The molecule has 0 amide bonds. The lowest BCUT2D eigenvalue weighted by molar-refractivity contribution is 0.0510. The van der Waals surface area contributed by atoms with Gasteiger partial charge in [-0.3, -0.25) is 9.80 Å². The van der Waals surface area contributed by atoms with Crippen molar-refractivity contribution >= 4 is 0 Å². The van der Waals surface area contributed by atoms with Crippen molar-refractivity contribution < 1.29 is 4.39 Å². The van der Waals surface area contributed by atoms with Crippen molar-refractivity contribution in [1.82, 2.24) is 9.80 Å². The van der Waals surface area contributed by atoms with E-state index in [1.165, 1.54) is 16.7 Å². The maximum absolute atomic E-state index is 14.7. The summed E-state index contributed by atoms with van der Waals surface area (Å²) in [4.78, 5) is 4.76. The van der Waals surface area contributed by atoms with Crippen molar-refractivity contribution in [3.05, 3.63) is 108 Å². The number of rotatable bonds is 8. The summed E-state index contributed by atoms with van der Waals surface area (Å²) in [5.41, 5.74) is 3.32. The third-order valence-corrected chi connectivity index (χ3v) is 6.01. The highest BCUT2D eigenvalue weighted by atomic mass is 19.1. The van der Waals surface area contributed by atoms with Gasteiger partial charge in [-0.15, -0.1) is 0 Å². The van der Waals surface area contributed by atoms with Crippen LogP contribution in [0.15, 0.2) is 91.0 Å². The van der Waals surface area contributed by atoms with E-state index < -0.39 is 5.54 Å². The monoisotopic (exact) mass is 388 g/mol. The zero-order valence-electron chi connectivity index (χ0n) is 16.9. The molecule has 1 saturated heterocycles. The van der Waals surface area contributed by atoms with E-state index in [0.717, 1.165) is 39.1 Å². The molecular formula is C26H29FN2. The summed E-state index contributed by atoms with van der Waals surface area (Å²) in [5.74, 6) is 0. The molecule has 2 nitrogen and oxygen atoms in total. The SMILES string of the molecule is FC[C@@]1(N(Cc2ccccc2)Cc2ccccc2)CCN(Cc2ccccc2)C1. The molecule has 1 heterocycles. The van der Waals surface area contributed by atoms with Crippen molar-refractivity contribution in [3.8, 4) is 0 Å². The second-order valence-electron chi connectivity index (χ2n) is 8.13. The Morgan fingerprint density at radius 1 is 0.724 bits per heavy atom. The van der Waals surface area contributed by atoms with E-state index in [1.807, 2.05) is 18.2 Å². The summed E-state index contributed by atoms with van der Waals surface area (Å²) in [7, 11) is 0. The van der Waals surface area contributed by atoms with Crippen molar-refractivity contribution in [1.29, 1.82) is 0 Å². The lowest BCUT2D eigenvalue weighted by atomic mass is 9.95. The molecule has 0 bridgehead atoms. The molecule has 3 aromatic carbocycles. The molecule has 0 saturated carbocycles. The van der Waals surface area contributed by atoms with Crippen LogP contribution in [0.1, 0.15) is 23.1 Å². The van der Waals surface area contributed by atoms with Gasteiger partial charge < -0.3 is 0 Å². The molecule has 0 spiro atoms. The number of hydrogen-bond acceptors (Lipinski definition) is 2. The molecule has 0 aliphatic carbocycles. The fraction of sp³-hybridized carbons (Fsp3) is 0.308. The standard InChI is InChI=1S/C26H29FN2/c27-21-26(16-17-28(22-26)18-23-10-4-1-5-11-23)29(19-24-12-6-2-7-13-24)20-25-14-8-3-9-15-25/h1-15H,16-22H2/t26-/m0/s1. The molecule has 1 aliphatic heterocycles. The van der Waals surface area contributed by atoms with Gasteiger partial charge in [0.15, 0.2) is 0 Å².